The van der Waals surface area contributed by atoms with Crippen molar-refractivity contribution in [3.63, 3.8) is 0 Å². The summed E-state index contributed by atoms with van der Waals surface area (Å²) < 4.78 is 20.2. The van der Waals surface area contributed by atoms with Gasteiger partial charge in [0.2, 0.25) is 23.6 Å². The molecule has 2 amide bonds. The molecule has 1 spiro atoms. The number of carbonyl (C=O) groups excluding carboxylic acids is 2. The summed E-state index contributed by atoms with van der Waals surface area (Å²) in [6, 6.07) is 16.1. The second-order valence-corrected chi connectivity index (χ2v) is 14.5. The van der Waals surface area contributed by atoms with E-state index in [1.165, 1.54) is 0 Å². The van der Waals surface area contributed by atoms with Crippen molar-refractivity contribution >= 4 is 28.4 Å². The monoisotopic (exact) mass is 682 g/mol. The number of benzene rings is 3. The van der Waals surface area contributed by atoms with Crippen LogP contribution in [0.15, 0.2) is 75.8 Å². The number of aromatic amines is 1. The third-order valence-corrected chi connectivity index (χ3v) is 10.8. The maximum atomic E-state index is 14.3. The molecule has 11 rings (SSSR count). The summed E-state index contributed by atoms with van der Waals surface area (Å²) >= 11 is 0. The first-order chi connectivity index (χ1) is 24.6. The molecule has 0 saturated heterocycles. The fraction of sp³-hybridized carbons (Fsp3) is 0.282. The number of hydrogen-bond acceptors (Lipinski definition) is 9. The third kappa shape index (κ3) is 3.99. The lowest BCUT2D eigenvalue weighted by Crippen LogP contribution is -2.46. The van der Waals surface area contributed by atoms with Crippen LogP contribution in [0.5, 0.6) is 5.75 Å². The molecule has 256 valence electrons. The van der Waals surface area contributed by atoms with Crippen LogP contribution >= 0.6 is 0 Å². The highest BCUT2D eigenvalue weighted by atomic mass is 16.5. The fourth-order valence-corrected chi connectivity index (χ4v) is 8.19. The van der Waals surface area contributed by atoms with Crippen molar-refractivity contribution < 1.29 is 28.3 Å². The molecule has 0 unspecified atom stereocenters. The molecule has 6 aromatic rings. The van der Waals surface area contributed by atoms with E-state index >= 15 is 0 Å². The van der Waals surface area contributed by atoms with E-state index in [0.29, 0.717) is 28.5 Å². The van der Waals surface area contributed by atoms with Gasteiger partial charge in [-0.2, -0.15) is 0 Å². The summed E-state index contributed by atoms with van der Waals surface area (Å²) in [6.45, 7) is 7.41. The number of fused-ring (bicyclic) bond motifs is 3. The van der Waals surface area contributed by atoms with Crippen molar-refractivity contribution in [2.45, 2.75) is 57.5 Å². The second-order valence-electron chi connectivity index (χ2n) is 14.5. The summed E-state index contributed by atoms with van der Waals surface area (Å²) in [5.41, 5.74) is 6.12. The predicted octanol–water partition coefficient (Wildman–Crippen LogP) is 5.94. The van der Waals surface area contributed by atoms with Gasteiger partial charge in [0, 0.05) is 33.9 Å². The van der Waals surface area contributed by atoms with Gasteiger partial charge in [-0.05, 0) is 58.4 Å². The highest BCUT2D eigenvalue weighted by molar-refractivity contribution is 6.05. The van der Waals surface area contributed by atoms with Gasteiger partial charge in [0.05, 0.1) is 6.20 Å². The van der Waals surface area contributed by atoms with Gasteiger partial charge in [-0.25, -0.2) is 9.97 Å². The molecule has 51 heavy (non-hydrogen) atoms. The van der Waals surface area contributed by atoms with Crippen LogP contribution in [0.4, 0.5) is 5.69 Å². The minimum atomic E-state index is -1.30. The van der Waals surface area contributed by atoms with Crippen molar-refractivity contribution in [2.75, 3.05) is 5.32 Å². The molecule has 10 bridgehead atoms. The Morgan fingerprint density at radius 1 is 1.00 bits per heavy atom. The zero-order valence-electron chi connectivity index (χ0n) is 28.2. The van der Waals surface area contributed by atoms with Gasteiger partial charge in [0.25, 0.3) is 0 Å². The number of rotatable bonds is 4. The molecule has 12 nitrogen and oxygen atoms in total. The Labute approximate surface area is 291 Å². The van der Waals surface area contributed by atoms with Crippen LogP contribution in [-0.4, -0.2) is 44.2 Å². The van der Waals surface area contributed by atoms with Gasteiger partial charge in [0.15, 0.2) is 23.4 Å². The number of amides is 2. The maximum absolute atomic E-state index is 14.3. The molecule has 12 heteroatoms. The Balaban J connectivity index is 1.29. The second kappa shape index (κ2) is 10.3. The van der Waals surface area contributed by atoms with E-state index in [0.717, 1.165) is 44.4 Å². The minimum absolute atomic E-state index is 0.176. The molecule has 0 radical (unpaired) electrons. The van der Waals surface area contributed by atoms with E-state index in [1.54, 1.807) is 26.1 Å². The number of nitrogens with zero attached hydrogens (tertiary/aromatic N) is 2. The molecule has 5 atom stereocenters. The molecule has 3 aromatic carbocycles. The summed E-state index contributed by atoms with van der Waals surface area (Å²) in [4.78, 5) is 40.8. The number of carbonyl (C=O) groups is 2. The number of ether oxygens (including phenoxy) is 1. The molecular weight excluding hydrogens is 648 g/mol. The number of oxazole rings is 2. The zero-order chi connectivity index (χ0) is 34.9. The molecule has 3 aromatic heterocycles. The molecule has 5 aliphatic heterocycles. The number of nitrogens with one attached hydrogen (secondary N) is 4. The summed E-state index contributed by atoms with van der Waals surface area (Å²) in [6.07, 6.45) is 1.66. The van der Waals surface area contributed by atoms with E-state index in [1.807, 2.05) is 44.3 Å². The van der Waals surface area contributed by atoms with E-state index in [2.05, 4.69) is 45.2 Å². The first kappa shape index (κ1) is 30.0. The van der Waals surface area contributed by atoms with Crippen molar-refractivity contribution in [1.29, 1.82) is 0 Å². The third-order valence-electron chi connectivity index (χ3n) is 10.8. The smallest absolute Gasteiger partial charge is 0.250 e. The average Bonchev–Trinajstić information content (AvgIpc) is 3.94. The SMILES string of the molecule is CC(C)[C@H](O)C(=O)N[C@@H]1C(=O)N[C@@H](C(C)C)c2nc3c(o2)[C@]24c5ccc(cc5N[C@H]2Oc2ccc1cc24)-c1cccc2[nH]cc(c12)-c1cnc-3o1. The van der Waals surface area contributed by atoms with E-state index < -0.39 is 41.6 Å². The van der Waals surface area contributed by atoms with Crippen LogP contribution in [0.1, 0.15) is 68.1 Å². The van der Waals surface area contributed by atoms with Gasteiger partial charge < -0.3 is 39.6 Å². The van der Waals surface area contributed by atoms with Crippen molar-refractivity contribution in [3.05, 3.63) is 95.3 Å². The van der Waals surface area contributed by atoms with E-state index in [9.17, 15) is 14.7 Å². The molecular formula is C39H34N6O6. The van der Waals surface area contributed by atoms with Gasteiger partial charge in [-0.1, -0.05) is 58.0 Å². The van der Waals surface area contributed by atoms with E-state index in [4.69, 9.17) is 23.5 Å². The van der Waals surface area contributed by atoms with Crippen LogP contribution < -0.4 is 20.7 Å². The minimum Gasteiger partial charge on any atom is -0.469 e. The molecule has 0 saturated carbocycles. The lowest BCUT2D eigenvalue weighted by Gasteiger charge is -2.27. The normalized spacial score (nSPS) is 22.6. The molecule has 5 aliphatic rings. The number of hydrogen-bond donors (Lipinski definition) is 5. The molecule has 5 N–H and O–H groups in total. The number of anilines is 1. The van der Waals surface area contributed by atoms with Crippen LogP contribution in [0.2, 0.25) is 0 Å². The lowest BCUT2D eigenvalue weighted by atomic mass is 9.72. The first-order valence-electron chi connectivity index (χ1n) is 17.2. The quantitative estimate of drug-likeness (QED) is 0.151. The summed E-state index contributed by atoms with van der Waals surface area (Å²) in [5.74, 6) is 0.492. The van der Waals surface area contributed by atoms with E-state index in [-0.39, 0.29) is 23.6 Å². The van der Waals surface area contributed by atoms with Crippen LogP contribution in [0, 0.1) is 11.8 Å². The topological polar surface area (TPSA) is 168 Å². The first-order valence-corrected chi connectivity index (χ1v) is 17.2. The van der Waals surface area contributed by atoms with Gasteiger partial charge in [0.1, 0.15) is 29.4 Å². The van der Waals surface area contributed by atoms with Crippen LogP contribution in [0.3, 0.4) is 0 Å². The number of aliphatic hydroxyl groups is 1. The molecule has 0 fully saturated rings. The molecule has 0 aliphatic carbocycles. The maximum Gasteiger partial charge on any atom is 0.250 e. The standard InChI is InChI=1S/C39H34N6O6/c1-16(2)29-37-45-31-33(51-37)39-22-10-8-18(20-6-5-7-24-28(20)21(14-40-24)27-15-41-36(31)49-27)13-25(22)42-38(39)50-26-11-9-19(12-23(26)39)30(34(47)43-29)44-35(48)32(46)17(3)4/h5-17,29-30,32,38,40,42,46H,1-4H3,(H,43,47)(H,44,48)/t29-,30-,32-,38-,39+/m0/s1. The number of aromatic nitrogens is 3. The van der Waals surface area contributed by atoms with Gasteiger partial charge >= 0.3 is 0 Å². The lowest BCUT2D eigenvalue weighted by molar-refractivity contribution is -0.136. The average molecular weight is 683 g/mol. The zero-order valence-corrected chi connectivity index (χ0v) is 28.2. The van der Waals surface area contributed by atoms with Gasteiger partial charge in [-0.15, -0.1) is 0 Å². The Morgan fingerprint density at radius 3 is 2.69 bits per heavy atom. The van der Waals surface area contributed by atoms with Crippen LogP contribution in [-0.2, 0) is 15.0 Å². The highest BCUT2D eigenvalue weighted by Gasteiger charge is 2.61. The largest absolute Gasteiger partial charge is 0.469 e. The van der Waals surface area contributed by atoms with Crippen LogP contribution in [0.25, 0.3) is 44.9 Å². The highest BCUT2D eigenvalue weighted by Crippen LogP contribution is 2.60. The Hall–Kier alpha value is -5.88. The van der Waals surface area contributed by atoms with Crippen molar-refractivity contribution in [3.8, 4) is 39.8 Å². The number of aliphatic hydroxyl groups excluding tert-OH is 1. The summed E-state index contributed by atoms with van der Waals surface area (Å²) in [7, 11) is 0. The fourth-order valence-electron chi connectivity index (χ4n) is 8.19. The van der Waals surface area contributed by atoms with Gasteiger partial charge in [-0.3, -0.25) is 9.59 Å². The predicted molar refractivity (Wildman–Crippen MR) is 187 cm³/mol. The Morgan fingerprint density at radius 2 is 1.86 bits per heavy atom. The Kier molecular flexibility index (Phi) is 6.07. The van der Waals surface area contributed by atoms with Crippen molar-refractivity contribution in [1.82, 2.24) is 25.6 Å². The van der Waals surface area contributed by atoms with Crippen molar-refractivity contribution in [2.24, 2.45) is 11.8 Å². The molecule has 8 heterocycles. The number of H-pyrrole nitrogens is 1. The Bertz CT molecular complexity index is 2460. The summed E-state index contributed by atoms with van der Waals surface area (Å²) in [5, 5.41) is 21.3.